The number of hydrogen-bond acceptors (Lipinski definition) is 6. The molecule has 2 rings (SSSR count). The van der Waals surface area contributed by atoms with Gasteiger partial charge in [-0.2, -0.15) is 5.26 Å². The van der Waals surface area contributed by atoms with Crippen molar-refractivity contribution in [3.63, 3.8) is 0 Å². The van der Waals surface area contributed by atoms with Crippen LogP contribution < -0.4 is 4.90 Å². The maximum absolute atomic E-state index is 11.6. The average Bonchev–Trinajstić information content (AvgIpc) is 2.80. The summed E-state index contributed by atoms with van der Waals surface area (Å²) in [6, 6.07) is 7.38. The fraction of sp³-hybridized carbons (Fsp3) is 0.500. The molecule has 6 nitrogen and oxygen atoms in total. The van der Waals surface area contributed by atoms with Crippen molar-refractivity contribution < 1.29 is 14.3 Å². The summed E-state index contributed by atoms with van der Waals surface area (Å²) in [5.74, 6) is -0.221. The molecule has 1 aliphatic heterocycles. The first-order valence-corrected chi connectivity index (χ1v) is 8.23. The molecule has 0 aromatic heterocycles. The second-order valence-corrected chi connectivity index (χ2v) is 5.82. The lowest BCUT2D eigenvalue weighted by Gasteiger charge is -2.24. The van der Waals surface area contributed by atoms with E-state index in [9.17, 15) is 14.9 Å². The van der Waals surface area contributed by atoms with Gasteiger partial charge in [-0.1, -0.05) is 0 Å². The minimum atomic E-state index is -0.206. The molecule has 24 heavy (non-hydrogen) atoms. The van der Waals surface area contributed by atoms with Crippen LogP contribution in [0.15, 0.2) is 18.2 Å². The molecule has 1 aromatic rings. The fourth-order valence-corrected chi connectivity index (χ4v) is 2.87. The summed E-state index contributed by atoms with van der Waals surface area (Å²) in [4.78, 5) is 27.4. The Balaban J connectivity index is 2.11. The van der Waals surface area contributed by atoms with Gasteiger partial charge in [0.05, 0.1) is 24.4 Å². The maximum Gasteiger partial charge on any atom is 0.320 e. The Morgan fingerprint density at radius 3 is 2.71 bits per heavy atom. The lowest BCUT2D eigenvalue weighted by molar-refractivity contribution is -0.144. The van der Waals surface area contributed by atoms with Crippen LogP contribution in [0.4, 0.5) is 5.69 Å². The first-order chi connectivity index (χ1) is 11.5. The number of ketones is 1. The molecule has 1 aliphatic rings. The van der Waals surface area contributed by atoms with Crippen LogP contribution in [0.25, 0.3) is 0 Å². The van der Waals surface area contributed by atoms with Crippen molar-refractivity contribution in [2.75, 3.05) is 44.2 Å². The predicted molar refractivity (Wildman–Crippen MR) is 91.1 cm³/mol. The molecule has 1 aromatic carbocycles. The zero-order valence-electron chi connectivity index (χ0n) is 14.2. The molecule has 0 unspecified atom stereocenters. The minimum Gasteiger partial charge on any atom is -0.465 e. The molecule has 0 amide bonds. The third-order valence-corrected chi connectivity index (χ3v) is 4.11. The zero-order valence-corrected chi connectivity index (χ0v) is 14.2. The number of benzene rings is 1. The Hall–Kier alpha value is -2.39. The van der Waals surface area contributed by atoms with Crippen molar-refractivity contribution in [3.05, 3.63) is 29.3 Å². The molecule has 0 atom stereocenters. The van der Waals surface area contributed by atoms with E-state index in [1.165, 1.54) is 6.92 Å². The van der Waals surface area contributed by atoms with E-state index >= 15 is 0 Å². The second kappa shape index (κ2) is 8.46. The van der Waals surface area contributed by atoms with E-state index in [1.807, 2.05) is 0 Å². The number of ether oxygens (including phenoxy) is 1. The number of carbonyl (C=O) groups is 2. The highest BCUT2D eigenvalue weighted by Gasteiger charge is 2.20. The number of carbonyl (C=O) groups excluding carboxylic acids is 2. The molecular weight excluding hydrogens is 306 g/mol. The monoisotopic (exact) mass is 329 g/mol. The Morgan fingerprint density at radius 2 is 2.04 bits per heavy atom. The molecule has 128 valence electrons. The SMILES string of the molecule is CCOC(=O)CN1CCCN(c2cc(C(C)=O)ccc2C#N)CC1. The molecule has 0 N–H and O–H groups in total. The van der Waals surface area contributed by atoms with Gasteiger partial charge in [0.1, 0.15) is 6.07 Å². The van der Waals surface area contributed by atoms with Crippen LogP contribution in [0.5, 0.6) is 0 Å². The summed E-state index contributed by atoms with van der Waals surface area (Å²) in [6.07, 6.45) is 0.884. The lowest BCUT2D eigenvalue weighted by Crippen LogP contribution is -2.35. The number of anilines is 1. The number of hydrogen-bond donors (Lipinski definition) is 0. The van der Waals surface area contributed by atoms with Crippen LogP contribution >= 0.6 is 0 Å². The van der Waals surface area contributed by atoms with E-state index in [0.29, 0.717) is 37.4 Å². The highest BCUT2D eigenvalue weighted by molar-refractivity contribution is 5.95. The Labute approximate surface area is 142 Å². The van der Waals surface area contributed by atoms with E-state index in [2.05, 4.69) is 15.9 Å². The minimum absolute atomic E-state index is 0.0144. The molecule has 1 fully saturated rings. The van der Waals surface area contributed by atoms with E-state index < -0.39 is 0 Å². The number of Topliss-reactive ketones (excluding diaryl/α,β-unsaturated/α-hetero) is 1. The van der Waals surface area contributed by atoms with Crippen LogP contribution in [0, 0.1) is 11.3 Å². The van der Waals surface area contributed by atoms with Crippen molar-refractivity contribution in [1.29, 1.82) is 5.26 Å². The Kier molecular flexibility index (Phi) is 6.33. The van der Waals surface area contributed by atoms with Gasteiger partial charge < -0.3 is 9.64 Å². The smallest absolute Gasteiger partial charge is 0.320 e. The van der Waals surface area contributed by atoms with Crippen molar-refractivity contribution in [2.45, 2.75) is 20.3 Å². The van der Waals surface area contributed by atoms with Gasteiger partial charge in [-0.05, 0) is 38.5 Å². The topological polar surface area (TPSA) is 73.6 Å². The number of rotatable bonds is 5. The Bertz CT molecular complexity index is 651. The molecule has 0 aliphatic carbocycles. The Morgan fingerprint density at radius 1 is 1.25 bits per heavy atom. The summed E-state index contributed by atoms with van der Waals surface area (Å²) in [7, 11) is 0. The van der Waals surface area contributed by atoms with Gasteiger partial charge >= 0.3 is 5.97 Å². The van der Waals surface area contributed by atoms with Gasteiger partial charge in [-0.25, -0.2) is 0 Å². The van der Waals surface area contributed by atoms with Crippen LogP contribution in [0.2, 0.25) is 0 Å². The van der Waals surface area contributed by atoms with E-state index in [0.717, 1.165) is 25.2 Å². The lowest BCUT2D eigenvalue weighted by atomic mass is 10.1. The van der Waals surface area contributed by atoms with Crippen molar-refractivity contribution >= 4 is 17.4 Å². The predicted octanol–water partition coefficient (Wildman–Crippen LogP) is 1.84. The molecule has 0 spiro atoms. The van der Waals surface area contributed by atoms with E-state index in [1.54, 1.807) is 25.1 Å². The molecule has 1 heterocycles. The quantitative estimate of drug-likeness (QED) is 0.606. The van der Waals surface area contributed by atoms with Crippen LogP contribution in [0.1, 0.15) is 36.2 Å². The largest absolute Gasteiger partial charge is 0.465 e. The second-order valence-electron chi connectivity index (χ2n) is 5.82. The highest BCUT2D eigenvalue weighted by Crippen LogP contribution is 2.23. The van der Waals surface area contributed by atoms with Crippen LogP contribution in [-0.2, 0) is 9.53 Å². The number of nitrogens with zero attached hydrogens (tertiary/aromatic N) is 3. The first-order valence-electron chi connectivity index (χ1n) is 8.23. The van der Waals surface area contributed by atoms with E-state index in [4.69, 9.17) is 4.74 Å². The normalized spacial score (nSPS) is 15.5. The van der Waals surface area contributed by atoms with Gasteiger partial charge in [-0.3, -0.25) is 14.5 Å². The average molecular weight is 329 g/mol. The van der Waals surface area contributed by atoms with Crippen LogP contribution in [0.3, 0.4) is 0 Å². The van der Waals surface area contributed by atoms with Crippen molar-refractivity contribution in [3.8, 4) is 6.07 Å². The van der Waals surface area contributed by atoms with Crippen molar-refractivity contribution in [1.82, 2.24) is 4.90 Å². The third-order valence-electron chi connectivity index (χ3n) is 4.11. The third kappa shape index (κ3) is 4.56. The molecule has 1 saturated heterocycles. The standard InChI is InChI=1S/C18H23N3O3/c1-3-24-18(23)13-20-7-4-8-21(10-9-20)17-11-15(14(2)22)5-6-16(17)12-19/h5-6,11H,3-4,7-10,13H2,1-2H3. The summed E-state index contributed by atoms with van der Waals surface area (Å²) < 4.78 is 5.00. The molecular formula is C18H23N3O3. The summed E-state index contributed by atoms with van der Waals surface area (Å²) in [6.45, 7) is 7.02. The van der Waals surface area contributed by atoms with Gasteiger partial charge in [0.15, 0.2) is 5.78 Å². The van der Waals surface area contributed by atoms with Crippen LogP contribution in [-0.4, -0.2) is 56.0 Å². The summed E-state index contributed by atoms with van der Waals surface area (Å²) in [5.41, 5.74) is 1.97. The summed E-state index contributed by atoms with van der Waals surface area (Å²) in [5, 5.41) is 9.35. The number of nitriles is 1. The summed E-state index contributed by atoms with van der Waals surface area (Å²) >= 11 is 0. The maximum atomic E-state index is 11.6. The molecule has 6 heteroatoms. The molecule has 0 saturated carbocycles. The molecule has 0 bridgehead atoms. The van der Waals surface area contributed by atoms with Gasteiger partial charge in [0.2, 0.25) is 0 Å². The first kappa shape index (κ1) is 18.0. The van der Waals surface area contributed by atoms with Gasteiger partial charge in [-0.15, -0.1) is 0 Å². The number of esters is 1. The van der Waals surface area contributed by atoms with Gasteiger partial charge in [0, 0.05) is 31.7 Å². The van der Waals surface area contributed by atoms with Gasteiger partial charge in [0.25, 0.3) is 0 Å². The highest BCUT2D eigenvalue weighted by atomic mass is 16.5. The molecule has 0 radical (unpaired) electrons. The van der Waals surface area contributed by atoms with E-state index in [-0.39, 0.29) is 11.8 Å². The van der Waals surface area contributed by atoms with Crippen molar-refractivity contribution in [2.24, 2.45) is 0 Å². The fourth-order valence-electron chi connectivity index (χ4n) is 2.87. The zero-order chi connectivity index (χ0) is 17.5.